The predicted molar refractivity (Wildman–Crippen MR) is 78.2 cm³/mol. The molecule has 20 heavy (non-hydrogen) atoms. The third-order valence-electron chi connectivity index (χ3n) is 3.06. The van der Waals surface area contributed by atoms with Gasteiger partial charge in [0, 0.05) is 11.3 Å². The van der Waals surface area contributed by atoms with Gasteiger partial charge in [0.15, 0.2) is 0 Å². The zero-order valence-corrected chi connectivity index (χ0v) is 11.2. The largest absolute Gasteiger partial charge is 0.419 e. The molecule has 0 unspecified atom stereocenters. The topological polar surface area (TPSA) is 51.0 Å². The molecule has 100 valence electrons. The average Bonchev–Trinajstić information content (AvgIpc) is 2.96. The second-order valence-corrected chi connectivity index (χ2v) is 4.54. The van der Waals surface area contributed by atoms with Gasteiger partial charge in [-0.25, -0.2) is 0 Å². The number of anilines is 1. The number of rotatable bonds is 4. The molecular weight excluding hydrogens is 250 g/mol. The summed E-state index contributed by atoms with van der Waals surface area (Å²) in [5.74, 6) is 1.12. The van der Waals surface area contributed by atoms with Crippen LogP contribution in [-0.2, 0) is 6.54 Å². The molecule has 0 spiro atoms. The van der Waals surface area contributed by atoms with Crippen molar-refractivity contribution < 1.29 is 4.42 Å². The molecule has 0 fully saturated rings. The summed E-state index contributed by atoms with van der Waals surface area (Å²) >= 11 is 0. The molecule has 0 aliphatic rings. The van der Waals surface area contributed by atoms with Crippen LogP contribution in [0.5, 0.6) is 0 Å². The van der Waals surface area contributed by atoms with Gasteiger partial charge in [-0.2, -0.15) is 0 Å². The molecule has 0 saturated carbocycles. The molecular formula is C16H15N3O. The third-order valence-corrected chi connectivity index (χ3v) is 3.06. The number of nitrogens with zero attached hydrogens (tertiary/aromatic N) is 2. The molecule has 0 radical (unpaired) electrons. The van der Waals surface area contributed by atoms with Crippen molar-refractivity contribution in [1.82, 2.24) is 10.2 Å². The van der Waals surface area contributed by atoms with Crippen LogP contribution >= 0.6 is 0 Å². The highest BCUT2D eigenvalue weighted by Crippen LogP contribution is 2.18. The highest BCUT2D eigenvalue weighted by Gasteiger charge is 2.07. The van der Waals surface area contributed by atoms with Crippen molar-refractivity contribution in [3.63, 3.8) is 0 Å². The zero-order chi connectivity index (χ0) is 13.8. The van der Waals surface area contributed by atoms with Gasteiger partial charge in [0.05, 0.1) is 6.54 Å². The zero-order valence-electron chi connectivity index (χ0n) is 11.2. The van der Waals surface area contributed by atoms with E-state index in [1.54, 1.807) is 0 Å². The number of aryl methyl sites for hydroxylation is 1. The second kappa shape index (κ2) is 5.57. The molecule has 0 aliphatic carbocycles. The minimum absolute atomic E-state index is 0.519. The summed E-state index contributed by atoms with van der Waals surface area (Å²) in [4.78, 5) is 0. The summed E-state index contributed by atoms with van der Waals surface area (Å²) in [6.45, 7) is 2.58. The number of benzene rings is 2. The first-order chi connectivity index (χ1) is 9.83. The first-order valence-electron chi connectivity index (χ1n) is 6.50. The van der Waals surface area contributed by atoms with Gasteiger partial charge in [0.25, 0.3) is 0 Å². The fraction of sp³-hybridized carbons (Fsp3) is 0.125. The van der Waals surface area contributed by atoms with Gasteiger partial charge in [-0.15, -0.1) is 10.2 Å². The molecule has 2 aromatic carbocycles. The number of hydrogen-bond donors (Lipinski definition) is 1. The van der Waals surface area contributed by atoms with Crippen molar-refractivity contribution >= 4 is 5.69 Å². The Labute approximate surface area is 117 Å². The molecule has 1 N–H and O–H groups in total. The monoisotopic (exact) mass is 265 g/mol. The van der Waals surface area contributed by atoms with Crippen LogP contribution in [0.3, 0.4) is 0 Å². The Morgan fingerprint density at radius 3 is 2.50 bits per heavy atom. The van der Waals surface area contributed by atoms with E-state index < -0.39 is 0 Å². The van der Waals surface area contributed by atoms with Crippen LogP contribution in [0.25, 0.3) is 11.5 Å². The van der Waals surface area contributed by atoms with Gasteiger partial charge in [-0.3, -0.25) is 0 Å². The number of nitrogens with one attached hydrogen (secondary N) is 1. The van der Waals surface area contributed by atoms with Crippen LogP contribution in [0, 0.1) is 6.92 Å². The van der Waals surface area contributed by atoms with Crippen molar-refractivity contribution in [2.45, 2.75) is 13.5 Å². The van der Waals surface area contributed by atoms with Gasteiger partial charge in [0.1, 0.15) is 0 Å². The first-order valence-corrected chi connectivity index (χ1v) is 6.50. The van der Waals surface area contributed by atoms with Gasteiger partial charge in [-0.1, -0.05) is 36.4 Å². The molecule has 4 nitrogen and oxygen atoms in total. The van der Waals surface area contributed by atoms with Crippen molar-refractivity contribution in [3.8, 4) is 11.5 Å². The molecule has 0 amide bonds. The van der Waals surface area contributed by atoms with E-state index in [2.05, 4.69) is 28.5 Å². The Hall–Kier alpha value is -2.62. The molecule has 3 rings (SSSR count). The summed E-state index contributed by atoms with van der Waals surface area (Å²) in [5, 5.41) is 11.4. The van der Waals surface area contributed by atoms with Crippen LogP contribution in [0.1, 0.15) is 11.5 Å². The third kappa shape index (κ3) is 2.69. The van der Waals surface area contributed by atoms with Gasteiger partial charge in [0.2, 0.25) is 11.8 Å². The van der Waals surface area contributed by atoms with E-state index in [4.69, 9.17) is 4.42 Å². The summed E-state index contributed by atoms with van der Waals surface area (Å²) in [5.41, 5.74) is 3.20. The average molecular weight is 265 g/mol. The Kier molecular flexibility index (Phi) is 3.46. The first kappa shape index (κ1) is 12.4. The minimum Gasteiger partial charge on any atom is -0.419 e. The molecule has 1 heterocycles. The van der Waals surface area contributed by atoms with Crippen LogP contribution in [0.15, 0.2) is 59.0 Å². The van der Waals surface area contributed by atoms with Gasteiger partial charge >= 0.3 is 0 Å². The number of hydrogen-bond acceptors (Lipinski definition) is 4. The predicted octanol–water partition coefficient (Wildman–Crippen LogP) is 3.66. The lowest BCUT2D eigenvalue weighted by Gasteiger charge is -2.06. The summed E-state index contributed by atoms with van der Waals surface area (Å²) in [6.07, 6.45) is 0. The maximum atomic E-state index is 5.65. The molecule has 0 aliphatic heterocycles. The van der Waals surface area contributed by atoms with E-state index in [1.807, 2.05) is 48.5 Å². The standard InChI is InChI=1S/C16H15N3O/c1-12-7-5-6-10-14(12)17-11-15-18-19-16(20-15)13-8-3-2-4-9-13/h2-10,17H,11H2,1H3. The summed E-state index contributed by atoms with van der Waals surface area (Å²) < 4.78 is 5.65. The van der Waals surface area contributed by atoms with E-state index in [-0.39, 0.29) is 0 Å². The van der Waals surface area contributed by atoms with Crippen LogP contribution in [-0.4, -0.2) is 10.2 Å². The van der Waals surface area contributed by atoms with Crippen molar-refractivity contribution in [2.24, 2.45) is 0 Å². The SMILES string of the molecule is Cc1ccccc1NCc1nnc(-c2ccccc2)o1. The maximum absolute atomic E-state index is 5.65. The smallest absolute Gasteiger partial charge is 0.247 e. The molecule has 3 aromatic rings. The van der Waals surface area contributed by atoms with Gasteiger partial charge < -0.3 is 9.73 Å². The summed E-state index contributed by atoms with van der Waals surface area (Å²) in [6, 6.07) is 17.9. The second-order valence-electron chi connectivity index (χ2n) is 4.54. The van der Waals surface area contributed by atoms with Crippen molar-refractivity contribution in [3.05, 3.63) is 66.1 Å². The van der Waals surface area contributed by atoms with Crippen molar-refractivity contribution in [2.75, 3.05) is 5.32 Å². The Balaban J connectivity index is 1.71. The fourth-order valence-electron chi connectivity index (χ4n) is 1.96. The Morgan fingerprint density at radius 1 is 0.950 bits per heavy atom. The lowest BCUT2D eigenvalue weighted by Crippen LogP contribution is -2.00. The van der Waals surface area contributed by atoms with E-state index in [9.17, 15) is 0 Å². The lowest BCUT2D eigenvalue weighted by atomic mass is 10.2. The molecule has 0 bridgehead atoms. The van der Waals surface area contributed by atoms with E-state index in [1.165, 1.54) is 5.56 Å². The summed E-state index contributed by atoms with van der Waals surface area (Å²) in [7, 11) is 0. The minimum atomic E-state index is 0.519. The quantitative estimate of drug-likeness (QED) is 0.782. The van der Waals surface area contributed by atoms with Crippen LogP contribution in [0.2, 0.25) is 0 Å². The van der Waals surface area contributed by atoms with E-state index in [0.717, 1.165) is 11.3 Å². The number of para-hydroxylation sites is 1. The van der Waals surface area contributed by atoms with E-state index in [0.29, 0.717) is 18.3 Å². The highest BCUT2D eigenvalue weighted by molar-refractivity contribution is 5.52. The fourth-order valence-corrected chi connectivity index (χ4v) is 1.96. The molecule has 4 heteroatoms. The lowest BCUT2D eigenvalue weighted by molar-refractivity contribution is 0.515. The van der Waals surface area contributed by atoms with Crippen LogP contribution in [0.4, 0.5) is 5.69 Å². The normalized spacial score (nSPS) is 10.4. The van der Waals surface area contributed by atoms with Crippen LogP contribution < -0.4 is 5.32 Å². The maximum Gasteiger partial charge on any atom is 0.247 e. The Bertz CT molecular complexity index is 692. The van der Waals surface area contributed by atoms with E-state index >= 15 is 0 Å². The number of aromatic nitrogens is 2. The highest BCUT2D eigenvalue weighted by atomic mass is 16.4. The Morgan fingerprint density at radius 2 is 1.70 bits per heavy atom. The van der Waals surface area contributed by atoms with Gasteiger partial charge in [-0.05, 0) is 30.7 Å². The van der Waals surface area contributed by atoms with Crippen molar-refractivity contribution in [1.29, 1.82) is 0 Å². The molecule has 0 atom stereocenters. The molecule has 1 aromatic heterocycles. The molecule has 0 saturated heterocycles.